The van der Waals surface area contributed by atoms with E-state index < -0.39 is 16.0 Å². The van der Waals surface area contributed by atoms with E-state index in [0.717, 1.165) is 21.8 Å². The Morgan fingerprint density at radius 3 is 2.43 bits per heavy atom. The van der Waals surface area contributed by atoms with Crippen LogP contribution in [0.15, 0.2) is 47.4 Å². The number of halogens is 1. The van der Waals surface area contributed by atoms with Gasteiger partial charge < -0.3 is 9.30 Å². The topological polar surface area (TPSA) is 91.4 Å². The van der Waals surface area contributed by atoms with Crippen molar-refractivity contribution in [3.05, 3.63) is 74.2 Å². The van der Waals surface area contributed by atoms with Gasteiger partial charge in [0.1, 0.15) is 6.61 Å². The van der Waals surface area contributed by atoms with Gasteiger partial charge in [0, 0.05) is 22.8 Å². The monoisotopic (exact) mass is 438 g/mol. The number of nitrogens with zero attached hydrogens (tertiary/aromatic N) is 1. The summed E-state index contributed by atoms with van der Waals surface area (Å²) in [4.78, 5) is 13.4. The molecule has 6 nitrogen and oxygen atoms in total. The molecule has 0 radical (unpaired) electrons. The fraction of sp³-hybridized carbons (Fsp3) is 0.211. The quantitative estimate of drug-likeness (QED) is 0.591. The van der Waals surface area contributed by atoms with Crippen molar-refractivity contribution in [1.82, 2.24) is 4.57 Å². The Bertz CT molecular complexity index is 1120. The van der Waals surface area contributed by atoms with Crippen molar-refractivity contribution in [2.75, 3.05) is 0 Å². The van der Waals surface area contributed by atoms with Crippen molar-refractivity contribution >= 4 is 38.9 Å². The van der Waals surface area contributed by atoms with E-state index in [0.29, 0.717) is 16.4 Å². The minimum atomic E-state index is -3.72. The fourth-order valence-electron chi connectivity index (χ4n) is 2.86. The van der Waals surface area contributed by atoms with Crippen LogP contribution in [-0.2, 0) is 27.9 Å². The summed E-state index contributed by atoms with van der Waals surface area (Å²) in [5, 5.41) is 5.13. The number of thiophene rings is 1. The van der Waals surface area contributed by atoms with Crippen LogP contribution in [0, 0.1) is 13.8 Å². The number of primary sulfonamides is 1. The van der Waals surface area contributed by atoms with Crippen molar-refractivity contribution < 1.29 is 17.9 Å². The van der Waals surface area contributed by atoms with E-state index in [-0.39, 0.29) is 11.5 Å². The minimum absolute atomic E-state index is 0.0650. The highest BCUT2D eigenvalue weighted by atomic mass is 35.5. The van der Waals surface area contributed by atoms with E-state index in [4.69, 9.17) is 21.5 Å². The molecule has 2 N–H and O–H groups in total. The van der Waals surface area contributed by atoms with Gasteiger partial charge in [-0.2, -0.15) is 0 Å². The van der Waals surface area contributed by atoms with E-state index in [1.165, 1.54) is 23.5 Å². The van der Waals surface area contributed by atoms with Gasteiger partial charge in [0.05, 0.1) is 14.8 Å². The zero-order valence-corrected chi connectivity index (χ0v) is 17.7. The molecule has 0 aliphatic rings. The Kier molecular flexibility index (Phi) is 5.95. The first-order valence-corrected chi connectivity index (χ1v) is 11.1. The summed E-state index contributed by atoms with van der Waals surface area (Å²) in [5.41, 5.74) is 3.07. The first kappa shape index (κ1) is 20.6. The van der Waals surface area contributed by atoms with Crippen LogP contribution in [0.2, 0.25) is 4.34 Å². The van der Waals surface area contributed by atoms with Crippen molar-refractivity contribution in [3.63, 3.8) is 0 Å². The molecule has 0 aliphatic heterocycles. The Morgan fingerprint density at radius 2 is 1.86 bits per heavy atom. The van der Waals surface area contributed by atoms with Gasteiger partial charge in [0.25, 0.3) is 0 Å². The average molecular weight is 439 g/mol. The number of hydrogen-bond acceptors (Lipinski definition) is 5. The average Bonchev–Trinajstić information content (AvgIpc) is 3.17. The van der Waals surface area contributed by atoms with Crippen LogP contribution in [0.3, 0.4) is 0 Å². The van der Waals surface area contributed by atoms with Crippen molar-refractivity contribution in [3.8, 4) is 0 Å². The second-order valence-electron chi connectivity index (χ2n) is 6.34. The first-order valence-electron chi connectivity index (χ1n) is 8.35. The molecule has 0 saturated heterocycles. The molecule has 28 heavy (non-hydrogen) atoms. The predicted octanol–water partition coefficient (Wildman–Crippen LogP) is 3.87. The largest absolute Gasteiger partial charge is 0.456 e. The van der Waals surface area contributed by atoms with Gasteiger partial charge in [-0.15, -0.1) is 11.3 Å². The van der Waals surface area contributed by atoms with Crippen LogP contribution >= 0.6 is 22.9 Å². The number of aryl methyl sites for hydroxylation is 1. The molecule has 2 heterocycles. The number of carbonyl (C=O) groups is 1. The molecule has 0 atom stereocenters. The van der Waals surface area contributed by atoms with Crippen LogP contribution in [0.1, 0.15) is 32.2 Å². The third-order valence-electron chi connectivity index (χ3n) is 4.36. The third-order valence-corrected chi connectivity index (χ3v) is 6.49. The maximum atomic E-state index is 12.5. The molecule has 0 bridgehead atoms. The van der Waals surface area contributed by atoms with Crippen LogP contribution in [0.4, 0.5) is 0 Å². The molecular weight excluding hydrogens is 420 g/mol. The normalized spacial score (nSPS) is 11.6. The number of sulfonamides is 1. The summed E-state index contributed by atoms with van der Waals surface area (Å²) in [5.74, 6) is -0.395. The number of ether oxygens (including phenoxy) is 1. The van der Waals surface area contributed by atoms with E-state index in [1.54, 1.807) is 24.3 Å². The summed E-state index contributed by atoms with van der Waals surface area (Å²) in [7, 11) is -3.72. The number of aromatic nitrogens is 1. The molecule has 0 saturated carbocycles. The maximum Gasteiger partial charge on any atom is 0.340 e. The van der Waals surface area contributed by atoms with E-state index in [1.807, 2.05) is 24.5 Å². The molecule has 0 fully saturated rings. The molecule has 0 amide bonds. The Morgan fingerprint density at radius 1 is 1.18 bits per heavy atom. The molecule has 148 valence electrons. The molecule has 3 rings (SSSR count). The summed E-state index contributed by atoms with van der Waals surface area (Å²) in [6, 6.07) is 11.7. The number of rotatable bonds is 6. The van der Waals surface area contributed by atoms with Crippen molar-refractivity contribution in [2.45, 2.75) is 31.9 Å². The van der Waals surface area contributed by atoms with Gasteiger partial charge in [0.15, 0.2) is 0 Å². The Labute approximate surface area is 172 Å². The summed E-state index contributed by atoms with van der Waals surface area (Å²) < 4.78 is 30.8. The molecule has 0 spiro atoms. The zero-order chi connectivity index (χ0) is 20.5. The van der Waals surface area contributed by atoms with Crippen LogP contribution in [0.25, 0.3) is 0 Å². The number of carbonyl (C=O) groups excluding carboxylic acids is 1. The molecule has 2 aromatic heterocycles. The summed E-state index contributed by atoms with van der Waals surface area (Å²) in [6.07, 6.45) is 0. The van der Waals surface area contributed by atoms with Crippen molar-refractivity contribution in [1.29, 1.82) is 0 Å². The highest BCUT2D eigenvalue weighted by molar-refractivity contribution is 7.89. The lowest BCUT2D eigenvalue weighted by molar-refractivity contribution is 0.0476. The molecular formula is C19H19ClN2O4S2. The number of esters is 1. The van der Waals surface area contributed by atoms with Gasteiger partial charge in [0.2, 0.25) is 10.0 Å². The molecule has 9 heteroatoms. The lowest BCUT2D eigenvalue weighted by Gasteiger charge is -2.10. The predicted molar refractivity (Wildman–Crippen MR) is 109 cm³/mol. The van der Waals surface area contributed by atoms with E-state index in [9.17, 15) is 13.2 Å². The van der Waals surface area contributed by atoms with Gasteiger partial charge in [-0.05, 0) is 49.7 Å². The molecule has 0 unspecified atom stereocenters. The Balaban J connectivity index is 1.75. The molecule has 3 aromatic rings. The molecule has 0 aliphatic carbocycles. The lowest BCUT2D eigenvalue weighted by atomic mass is 10.2. The second kappa shape index (κ2) is 8.08. The standard InChI is InChI=1S/C19H19ClN2O4S2/c1-12-9-17(19(23)26-11-15-5-8-18(20)27-15)13(2)22(12)10-14-3-6-16(7-4-14)28(21,24)25/h3-9H,10-11H2,1-2H3,(H2,21,24,25). The third kappa shape index (κ3) is 4.64. The van der Waals surface area contributed by atoms with Gasteiger partial charge in [-0.3, -0.25) is 0 Å². The van der Waals surface area contributed by atoms with E-state index in [2.05, 4.69) is 0 Å². The fourth-order valence-corrected chi connectivity index (χ4v) is 4.38. The smallest absolute Gasteiger partial charge is 0.340 e. The SMILES string of the molecule is Cc1cc(C(=O)OCc2ccc(Cl)s2)c(C)n1Cc1ccc(S(N)(=O)=O)cc1. The van der Waals surface area contributed by atoms with Crippen LogP contribution in [0.5, 0.6) is 0 Å². The number of nitrogens with two attached hydrogens (primary N) is 1. The van der Waals surface area contributed by atoms with Crippen LogP contribution in [-0.4, -0.2) is 19.0 Å². The minimum Gasteiger partial charge on any atom is -0.456 e. The number of benzene rings is 1. The second-order valence-corrected chi connectivity index (χ2v) is 9.70. The van der Waals surface area contributed by atoms with Crippen molar-refractivity contribution in [2.24, 2.45) is 5.14 Å². The number of hydrogen-bond donors (Lipinski definition) is 1. The van der Waals surface area contributed by atoms with E-state index >= 15 is 0 Å². The molecule has 1 aromatic carbocycles. The lowest BCUT2D eigenvalue weighted by Crippen LogP contribution is -2.12. The first-order chi connectivity index (χ1) is 13.1. The van der Waals surface area contributed by atoms with Gasteiger partial charge >= 0.3 is 5.97 Å². The van der Waals surface area contributed by atoms with Crippen LogP contribution < -0.4 is 5.14 Å². The zero-order valence-electron chi connectivity index (χ0n) is 15.3. The Hall–Kier alpha value is -2.13. The summed E-state index contributed by atoms with van der Waals surface area (Å²) in [6.45, 7) is 4.43. The highest BCUT2D eigenvalue weighted by Gasteiger charge is 2.18. The van der Waals surface area contributed by atoms with Gasteiger partial charge in [-0.1, -0.05) is 23.7 Å². The maximum absolute atomic E-state index is 12.5. The highest BCUT2D eigenvalue weighted by Crippen LogP contribution is 2.23. The van der Waals surface area contributed by atoms with Gasteiger partial charge in [-0.25, -0.2) is 18.4 Å². The summed E-state index contributed by atoms with van der Waals surface area (Å²) >= 11 is 7.26.